The van der Waals surface area contributed by atoms with Crippen LogP contribution in [0.25, 0.3) is 10.1 Å². The second-order valence-corrected chi connectivity index (χ2v) is 5.17. The number of aromatic carboxylic acids is 1. The molecule has 0 amide bonds. The number of fused-ring (bicyclic) bond motifs is 1. The smallest absolute Gasteiger partial charge is 0.371 e. The van der Waals surface area contributed by atoms with E-state index in [0.717, 1.165) is 16.7 Å². The lowest BCUT2D eigenvalue weighted by Gasteiger charge is -1.91. The number of furan rings is 1. The number of carboxylic acids is 1. The highest BCUT2D eigenvalue weighted by molar-refractivity contribution is 7.21. The highest BCUT2D eigenvalue weighted by Gasteiger charge is 2.18. The average molecular weight is 290 g/mol. The lowest BCUT2D eigenvalue weighted by Crippen LogP contribution is -1.97. The van der Waals surface area contributed by atoms with Gasteiger partial charge in [-0.2, -0.15) is 0 Å². The van der Waals surface area contributed by atoms with Crippen LogP contribution in [0.2, 0.25) is 0 Å². The lowest BCUT2D eigenvalue weighted by atomic mass is 10.2. The summed E-state index contributed by atoms with van der Waals surface area (Å²) >= 11 is 1.14. The molecule has 0 aliphatic rings. The molecule has 0 saturated carbocycles. The van der Waals surface area contributed by atoms with Gasteiger partial charge in [0.2, 0.25) is 11.5 Å². The van der Waals surface area contributed by atoms with Gasteiger partial charge in [-0.3, -0.25) is 4.79 Å². The van der Waals surface area contributed by atoms with Crippen LogP contribution in [0.4, 0.5) is 4.39 Å². The summed E-state index contributed by atoms with van der Waals surface area (Å²) in [6.07, 6.45) is 0. The Morgan fingerprint density at radius 3 is 2.55 bits per heavy atom. The summed E-state index contributed by atoms with van der Waals surface area (Å²) in [6, 6.07) is 8.42. The van der Waals surface area contributed by atoms with Gasteiger partial charge in [0.15, 0.2) is 5.76 Å². The van der Waals surface area contributed by atoms with E-state index in [9.17, 15) is 14.0 Å². The minimum Gasteiger partial charge on any atom is -0.475 e. The summed E-state index contributed by atoms with van der Waals surface area (Å²) in [6.45, 7) is 0. The number of halogens is 1. The summed E-state index contributed by atoms with van der Waals surface area (Å²) in [5.74, 6) is -2.36. The fraction of sp³-hybridized carbons (Fsp3) is 0. The minimum absolute atomic E-state index is 0.0468. The molecule has 0 saturated heterocycles. The van der Waals surface area contributed by atoms with Gasteiger partial charge in [0.1, 0.15) is 5.82 Å². The molecule has 20 heavy (non-hydrogen) atoms. The van der Waals surface area contributed by atoms with Crippen molar-refractivity contribution in [2.75, 3.05) is 0 Å². The molecule has 2 heterocycles. The van der Waals surface area contributed by atoms with Crippen LogP contribution >= 0.6 is 11.3 Å². The zero-order valence-corrected chi connectivity index (χ0v) is 10.7. The Morgan fingerprint density at radius 2 is 1.85 bits per heavy atom. The third-order valence-corrected chi connectivity index (χ3v) is 3.84. The Hall–Kier alpha value is -2.47. The van der Waals surface area contributed by atoms with Crippen molar-refractivity contribution in [3.05, 3.63) is 58.6 Å². The van der Waals surface area contributed by atoms with Gasteiger partial charge in [0.25, 0.3) is 0 Å². The van der Waals surface area contributed by atoms with Crippen LogP contribution < -0.4 is 0 Å². The Kier molecular flexibility index (Phi) is 2.87. The maximum absolute atomic E-state index is 13.1. The lowest BCUT2D eigenvalue weighted by molar-refractivity contribution is 0.0660. The number of hydrogen-bond acceptors (Lipinski definition) is 4. The summed E-state index contributed by atoms with van der Waals surface area (Å²) < 4.78 is 18.7. The minimum atomic E-state index is -1.23. The Bertz CT molecular complexity index is 831. The fourth-order valence-corrected chi connectivity index (χ4v) is 2.85. The van der Waals surface area contributed by atoms with E-state index in [1.807, 2.05) is 0 Å². The zero-order chi connectivity index (χ0) is 14.3. The van der Waals surface area contributed by atoms with Gasteiger partial charge < -0.3 is 9.52 Å². The first-order valence-corrected chi connectivity index (χ1v) is 6.43. The van der Waals surface area contributed by atoms with E-state index >= 15 is 0 Å². The van der Waals surface area contributed by atoms with E-state index in [0.29, 0.717) is 9.58 Å². The summed E-state index contributed by atoms with van der Waals surface area (Å²) in [4.78, 5) is 23.2. The van der Waals surface area contributed by atoms with E-state index < -0.39 is 11.8 Å². The maximum Gasteiger partial charge on any atom is 0.371 e. The molecule has 2 aromatic heterocycles. The normalized spacial score (nSPS) is 10.8. The highest BCUT2D eigenvalue weighted by atomic mass is 32.1. The van der Waals surface area contributed by atoms with E-state index in [1.165, 1.54) is 24.3 Å². The van der Waals surface area contributed by atoms with Gasteiger partial charge in [-0.1, -0.05) is 6.07 Å². The van der Waals surface area contributed by atoms with Crippen molar-refractivity contribution < 1.29 is 23.5 Å². The maximum atomic E-state index is 13.1. The molecule has 0 bridgehead atoms. The van der Waals surface area contributed by atoms with Crippen LogP contribution in [0.5, 0.6) is 0 Å². The predicted molar refractivity (Wildman–Crippen MR) is 70.9 cm³/mol. The fourth-order valence-electron chi connectivity index (χ4n) is 1.81. The second kappa shape index (κ2) is 4.57. The number of thiophene rings is 1. The van der Waals surface area contributed by atoms with Crippen molar-refractivity contribution in [3.8, 4) is 0 Å². The number of benzene rings is 1. The Morgan fingerprint density at radius 1 is 1.10 bits per heavy atom. The molecule has 0 radical (unpaired) electrons. The molecule has 0 atom stereocenters. The molecule has 0 aliphatic carbocycles. The van der Waals surface area contributed by atoms with Gasteiger partial charge in [-0.05, 0) is 35.7 Å². The van der Waals surface area contributed by atoms with Crippen molar-refractivity contribution in [3.63, 3.8) is 0 Å². The van der Waals surface area contributed by atoms with Crippen molar-refractivity contribution >= 4 is 33.2 Å². The molecule has 6 heteroatoms. The molecule has 3 rings (SSSR count). The molecular formula is C14H7FO4S. The molecule has 0 aliphatic heterocycles. The third kappa shape index (κ3) is 2.10. The molecule has 0 spiro atoms. The SMILES string of the molecule is O=C(O)c1ccc(C(=O)c2cc3ccc(F)cc3s2)o1. The van der Waals surface area contributed by atoms with Crippen LogP contribution in [0.1, 0.15) is 26.0 Å². The van der Waals surface area contributed by atoms with Gasteiger partial charge in [-0.25, -0.2) is 9.18 Å². The molecule has 3 aromatic rings. The number of ketones is 1. The number of hydrogen-bond donors (Lipinski definition) is 1. The molecule has 0 fully saturated rings. The van der Waals surface area contributed by atoms with Crippen molar-refractivity contribution in [2.24, 2.45) is 0 Å². The Labute approximate surface area is 116 Å². The zero-order valence-electron chi connectivity index (χ0n) is 9.92. The molecule has 100 valence electrons. The van der Waals surface area contributed by atoms with Crippen LogP contribution in [0.15, 0.2) is 40.8 Å². The first-order valence-electron chi connectivity index (χ1n) is 5.61. The second-order valence-electron chi connectivity index (χ2n) is 4.09. The van der Waals surface area contributed by atoms with Gasteiger partial charge in [0, 0.05) is 4.70 Å². The van der Waals surface area contributed by atoms with Gasteiger partial charge >= 0.3 is 5.97 Å². The topological polar surface area (TPSA) is 67.5 Å². The van der Waals surface area contributed by atoms with E-state index in [1.54, 1.807) is 12.1 Å². The standard InChI is InChI=1S/C14H7FO4S/c15-8-2-1-7-5-12(20-11(7)6-8)13(16)9-3-4-10(19-9)14(17)18/h1-6H,(H,17,18). The van der Waals surface area contributed by atoms with Crippen LogP contribution in [-0.2, 0) is 0 Å². The average Bonchev–Trinajstić information content (AvgIpc) is 3.03. The van der Waals surface area contributed by atoms with Gasteiger partial charge in [-0.15, -0.1) is 11.3 Å². The van der Waals surface area contributed by atoms with Gasteiger partial charge in [0.05, 0.1) is 4.88 Å². The number of carboxylic acid groups (broad SMARTS) is 1. The van der Waals surface area contributed by atoms with E-state index in [4.69, 9.17) is 9.52 Å². The molecular weight excluding hydrogens is 283 g/mol. The van der Waals surface area contributed by atoms with E-state index in [-0.39, 0.29) is 17.3 Å². The van der Waals surface area contributed by atoms with Crippen LogP contribution in [0, 0.1) is 5.82 Å². The van der Waals surface area contributed by atoms with E-state index in [2.05, 4.69) is 0 Å². The number of carbonyl (C=O) groups is 2. The first kappa shape index (κ1) is 12.6. The largest absolute Gasteiger partial charge is 0.475 e. The third-order valence-electron chi connectivity index (χ3n) is 2.75. The molecule has 1 N–H and O–H groups in total. The van der Waals surface area contributed by atoms with Crippen molar-refractivity contribution in [2.45, 2.75) is 0 Å². The molecule has 4 nitrogen and oxygen atoms in total. The summed E-state index contributed by atoms with van der Waals surface area (Å²) in [5, 5.41) is 9.51. The number of rotatable bonds is 3. The quantitative estimate of drug-likeness (QED) is 0.749. The van der Waals surface area contributed by atoms with Crippen molar-refractivity contribution in [1.29, 1.82) is 0 Å². The molecule has 0 unspecified atom stereocenters. The van der Waals surface area contributed by atoms with Crippen LogP contribution in [0.3, 0.4) is 0 Å². The predicted octanol–water partition coefficient (Wildman–Crippen LogP) is 3.56. The monoisotopic (exact) mass is 290 g/mol. The highest BCUT2D eigenvalue weighted by Crippen LogP contribution is 2.28. The summed E-state index contributed by atoms with van der Waals surface area (Å²) in [5.41, 5.74) is 0. The number of carbonyl (C=O) groups excluding carboxylic acids is 1. The first-order chi connectivity index (χ1) is 9.54. The van der Waals surface area contributed by atoms with Crippen LogP contribution in [-0.4, -0.2) is 16.9 Å². The summed E-state index contributed by atoms with van der Waals surface area (Å²) in [7, 11) is 0. The van der Waals surface area contributed by atoms with Crippen molar-refractivity contribution in [1.82, 2.24) is 0 Å². The Balaban J connectivity index is 2.00. The molecule has 1 aromatic carbocycles.